The number of benzene rings is 1. The zero-order chi connectivity index (χ0) is 16.7. The van der Waals surface area contributed by atoms with Crippen LogP contribution in [0.2, 0.25) is 0 Å². The third-order valence-electron chi connectivity index (χ3n) is 4.42. The number of hydrogen-bond donors (Lipinski definition) is 0. The predicted molar refractivity (Wildman–Crippen MR) is 94.4 cm³/mol. The van der Waals surface area contributed by atoms with Crippen molar-refractivity contribution in [2.45, 2.75) is 6.54 Å². The SMILES string of the molecule is CN(CCN1CCN(CC(=O)N(C)C)CC1)Cc1ccccc1. The molecule has 1 heterocycles. The van der Waals surface area contributed by atoms with Crippen molar-refractivity contribution in [2.75, 3.05) is 67.0 Å². The Balaban J connectivity index is 1.63. The molecule has 0 atom stereocenters. The average Bonchev–Trinajstić information content (AvgIpc) is 2.55. The Morgan fingerprint density at radius 3 is 2.22 bits per heavy atom. The first kappa shape index (κ1) is 17.9. The van der Waals surface area contributed by atoms with Gasteiger partial charge >= 0.3 is 0 Å². The number of hydrogen-bond acceptors (Lipinski definition) is 4. The van der Waals surface area contributed by atoms with Crippen molar-refractivity contribution in [3.63, 3.8) is 0 Å². The highest BCUT2D eigenvalue weighted by atomic mass is 16.2. The van der Waals surface area contributed by atoms with Gasteiger partial charge in [-0.3, -0.25) is 14.6 Å². The van der Waals surface area contributed by atoms with Gasteiger partial charge in [-0.05, 0) is 12.6 Å². The molecule has 1 aromatic carbocycles. The van der Waals surface area contributed by atoms with Crippen LogP contribution in [0, 0.1) is 0 Å². The van der Waals surface area contributed by atoms with E-state index in [2.05, 4.69) is 52.1 Å². The summed E-state index contributed by atoms with van der Waals surface area (Å²) in [5, 5.41) is 0. The molecule has 5 heteroatoms. The van der Waals surface area contributed by atoms with E-state index in [1.54, 1.807) is 4.90 Å². The summed E-state index contributed by atoms with van der Waals surface area (Å²) in [6, 6.07) is 10.6. The summed E-state index contributed by atoms with van der Waals surface area (Å²) in [7, 11) is 5.82. The summed E-state index contributed by atoms with van der Waals surface area (Å²) < 4.78 is 0. The predicted octanol–water partition coefficient (Wildman–Crippen LogP) is 0.824. The van der Waals surface area contributed by atoms with Gasteiger partial charge in [-0.25, -0.2) is 0 Å². The molecule has 0 unspecified atom stereocenters. The number of nitrogens with zero attached hydrogens (tertiary/aromatic N) is 4. The molecular weight excluding hydrogens is 288 g/mol. The highest BCUT2D eigenvalue weighted by molar-refractivity contribution is 5.77. The second-order valence-corrected chi connectivity index (χ2v) is 6.63. The van der Waals surface area contributed by atoms with Crippen LogP contribution in [0.5, 0.6) is 0 Å². The van der Waals surface area contributed by atoms with Gasteiger partial charge in [0.25, 0.3) is 0 Å². The standard InChI is InChI=1S/C18H30N4O/c1-19(2)18(23)16-22-13-11-21(12-14-22)10-9-20(3)15-17-7-5-4-6-8-17/h4-8H,9-16H2,1-3H3. The fraction of sp³-hybridized carbons (Fsp3) is 0.611. The Labute approximate surface area is 140 Å². The van der Waals surface area contributed by atoms with Crippen LogP contribution in [0.1, 0.15) is 5.56 Å². The fourth-order valence-corrected chi connectivity index (χ4v) is 2.79. The maximum absolute atomic E-state index is 11.7. The second-order valence-electron chi connectivity index (χ2n) is 6.63. The molecule has 0 N–H and O–H groups in total. The third kappa shape index (κ3) is 6.29. The first-order valence-electron chi connectivity index (χ1n) is 8.42. The number of likely N-dealkylation sites (N-methyl/N-ethyl adjacent to an activating group) is 2. The molecule has 0 radical (unpaired) electrons. The summed E-state index contributed by atoms with van der Waals surface area (Å²) in [6.45, 7) is 7.81. The lowest BCUT2D eigenvalue weighted by Gasteiger charge is -2.35. The second kappa shape index (κ2) is 9.01. The minimum absolute atomic E-state index is 0.195. The molecule has 1 fully saturated rings. The van der Waals surface area contributed by atoms with Gasteiger partial charge in [0, 0.05) is 59.9 Å². The minimum atomic E-state index is 0.195. The van der Waals surface area contributed by atoms with Crippen LogP contribution < -0.4 is 0 Å². The lowest BCUT2D eigenvalue weighted by Crippen LogP contribution is -2.50. The molecule has 128 valence electrons. The van der Waals surface area contributed by atoms with Crippen molar-refractivity contribution < 1.29 is 4.79 Å². The first-order valence-corrected chi connectivity index (χ1v) is 8.42. The van der Waals surface area contributed by atoms with Gasteiger partial charge in [-0.2, -0.15) is 0 Å². The van der Waals surface area contributed by atoms with Gasteiger partial charge in [0.2, 0.25) is 5.91 Å². The maximum atomic E-state index is 11.7. The third-order valence-corrected chi connectivity index (χ3v) is 4.42. The van der Waals surface area contributed by atoms with Crippen LogP contribution in [-0.2, 0) is 11.3 Å². The molecule has 0 bridgehead atoms. The van der Waals surface area contributed by atoms with E-state index in [0.29, 0.717) is 6.54 Å². The van der Waals surface area contributed by atoms with Gasteiger partial charge < -0.3 is 9.80 Å². The molecule has 0 aromatic heterocycles. The van der Waals surface area contributed by atoms with Crippen LogP contribution in [0.3, 0.4) is 0 Å². The first-order chi connectivity index (χ1) is 11.0. The minimum Gasteiger partial charge on any atom is -0.348 e. The molecule has 23 heavy (non-hydrogen) atoms. The van der Waals surface area contributed by atoms with Crippen molar-refractivity contribution >= 4 is 5.91 Å². The van der Waals surface area contributed by atoms with Gasteiger partial charge in [0.1, 0.15) is 0 Å². The van der Waals surface area contributed by atoms with Crippen LogP contribution in [0.4, 0.5) is 0 Å². The number of piperazine rings is 1. The summed E-state index contributed by atoms with van der Waals surface area (Å²) in [5.41, 5.74) is 1.36. The van der Waals surface area contributed by atoms with Gasteiger partial charge in [-0.1, -0.05) is 30.3 Å². The van der Waals surface area contributed by atoms with E-state index in [1.807, 2.05) is 14.1 Å². The number of carbonyl (C=O) groups excluding carboxylic acids is 1. The lowest BCUT2D eigenvalue weighted by atomic mass is 10.2. The van der Waals surface area contributed by atoms with Crippen molar-refractivity contribution in [2.24, 2.45) is 0 Å². The molecule has 1 aliphatic rings. The molecule has 5 nitrogen and oxygen atoms in total. The van der Waals surface area contributed by atoms with E-state index in [9.17, 15) is 4.79 Å². The van der Waals surface area contributed by atoms with E-state index in [-0.39, 0.29) is 5.91 Å². The summed E-state index contributed by atoms with van der Waals surface area (Å²) >= 11 is 0. The molecule has 1 amide bonds. The lowest BCUT2D eigenvalue weighted by molar-refractivity contribution is -0.130. The van der Waals surface area contributed by atoms with Crippen molar-refractivity contribution in [1.29, 1.82) is 0 Å². The fourth-order valence-electron chi connectivity index (χ4n) is 2.79. The van der Waals surface area contributed by atoms with Crippen LogP contribution in [0.15, 0.2) is 30.3 Å². The quantitative estimate of drug-likeness (QED) is 0.745. The Hall–Kier alpha value is -1.43. The molecular formula is C18H30N4O. The van der Waals surface area contributed by atoms with Crippen LogP contribution in [-0.4, -0.2) is 92.5 Å². The zero-order valence-electron chi connectivity index (χ0n) is 14.7. The van der Waals surface area contributed by atoms with Gasteiger partial charge in [0.05, 0.1) is 6.54 Å². The molecule has 0 aliphatic carbocycles. The van der Waals surface area contributed by atoms with E-state index in [0.717, 1.165) is 45.8 Å². The maximum Gasteiger partial charge on any atom is 0.236 e. The number of rotatable bonds is 7. The average molecular weight is 318 g/mol. The highest BCUT2D eigenvalue weighted by Gasteiger charge is 2.19. The van der Waals surface area contributed by atoms with E-state index in [4.69, 9.17) is 0 Å². The summed E-state index contributed by atoms with van der Waals surface area (Å²) in [5.74, 6) is 0.195. The van der Waals surface area contributed by atoms with Crippen LogP contribution in [0.25, 0.3) is 0 Å². The summed E-state index contributed by atoms with van der Waals surface area (Å²) in [4.78, 5) is 20.5. The number of amides is 1. The van der Waals surface area contributed by atoms with Gasteiger partial charge in [-0.15, -0.1) is 0 Å². The smallest absolute Gasteiger partial charge is 0.236 e. The Kier molecular flexibility index (Phi) is 7.02. The Morgan fingerprint density at radius 1 is 1.00 bits per heavy atom. The van der Waals surface area contributed by atoms with Crippen LogP contribution >= 0.6 is 0 Å². The monoisotopic (exact) mass is 318 g/mol. The molecule has 2 rings (SSSR count). The molecule has 1 aromatic rings. The van der Waals surface area contributed by atoms with Gasteiger partial charge in [0.15, 0.2) is 0 Å². The topological polar surface area (TPSA) is 30.0 Å². The largest absolute Gasteiger partial charge is 0.348 e. The number of carbonyl (C=O) groups is 1. The van der Waals surface area contributed by atoms with E-state index in [1.165, 1.54) is 5.56 Å². The Morgan fingerprint density at radius 2 is 1.61 bits per heavy atom. The molecule has 0 saturated carbocycles. The van der Waals surface area contributed by atoms with Crippen molar-refractivity contribution in [3.8, 4) is 0 Å². The molecule has 1 saturated heterocycles. The van der Waals surface area contributed by atoms with Crippen molar-refractivity contribution in [3.05, 3.63) is 35.9 Å². The summed E-state index contributed by atoms with van der Waals surface area (Å²) in [6.07, 6.45) is 0. The zero-order valence-corrected chi connectivity index (χ0v) is 14.7. The highest BCUT2D eigenvalue weighted by Crippen LogP contribution is 2.05. The van der Waals surface area contributed by atoms with E-state index < -0.39 is 0 Å². The van der Waals surface area contributed by atoms with E-state index >= 15 is 0 Å². The van der Waals surface area contributed by atoms with Crippen molar-refractivity contribution in [1.82, 2.24) is 19.6 Å². The molecule has 0 spiro atoms. The molecule has 1 aliphatic heterocycles. The normalized spacial score (nSPS) is 16.7. The Bertz CT molecular complexity index is 469.